The summed E-state index contributed by atoms with van der Waals surface area (Å²) in [5.74, 6) is 0.672. The number of H-pyrrole nitrogens is 1. The zero-order valence-electron chi connectivity index (χ0n) is 15.3. The number of carbonyl (C=O) groups excluding carboxylic acids is 1. The molecular formula is C21H23N3O3. The molecule has 1 aliphatic rings. The summed E-state index contributed by atoms with van der Waals surface area (Å²) >= 11 is 0. The van der Waals surface area contributed by atoms with E-state index in [1.54, 1.807) is 13.2 Å². The van der Waals surface area contributed by atoms with Gasteiger partial charge in [0, 0.05) is 42.3 Å². The van der Waals surface area contributed by atoms with Crippen molar-refractivity contribution in [2.45, 2.75) is 6.54 Å². The van der Waals surface area contributed by atoms with Gasteiger partial charge in [0.25, 0.3) is 5.91 Å². The van der Waals surface area contributed by atoms with Crippen LogP contribution < -0.4 is 15.0 Å². The smallest absolute Gasteiger partial charge is 0.251 e. The maximum atomic E-state index is 12.7. The maximum Gasteiger partial charge on any atom is 0.251 e. The van der Waals surface area contributed by atoms with Crippen molar-refractivity contribution in [3.8, 4) is 5.75 Å². The van der Waals surface area contributed by atoms with Crippen LogP contribution in [0.4, 0.5) is 5.69 Å². The van der Waals surface area contributed by atoms with E-state index in [0.717, 1.165) is 41.0 Å². The molecule has 2 heterocycles. The molecule has 0 saturated carbocycles. The molecule has 140 valence electrons. The molecule has 1 aromatic heterocycles. The molecule has 6 heteroatoms. The quantitative estimate of drug-likeness (QED) is 0.730. The molecule has 3 aromatic rings. The van der Waals surface area contributed by atoms with Crippen molar-refractivity contribution in [2.75, 3.05) is 38.3 Å². The molecule has 1 amide bonds. The zero-order valence-corrected chi connectivity index (χ0v) is 15.3. The topological polar surface area (TPSA) is 66.6 Å². The molecule has 1 saturated heterocycles. The molecule has 27 heavy (non-hydrogen) atoms. The number of methoxy groups -OCH3 is 1. The van der Waals surface area contributed by atoms with Gasteiger partial charge >= 0.3 is 0 Å². The van der Waals surface area contributed by atoms with E-state index in [2.05, 4.69) is 15.2 Å². The van der Waals surface area contributed by atoms with Crippen LogP contribution in [-0.4, -0.2) is 44.3 Å². The first-order valence-corrected chi connectivity index (χ1v) is 9.10. The van der Waals surface area contributed by atoms with E-state index < -0.39 is 0 Å². The fraction of sp³-hybridized carbons (Fsp3) is 0.286. The molecular weight excluding hydrogens is 342 g/mol. The minimum Gasteiger partial charge on any atom is -0.495 e. The first kappa shape index (κ1) is 17.4. The number of aromatic nitrogens is 1. The van der Waals surface area contributed by atoms with Crippen molar-refractivity contribution in [2.24, 2.45) is 0 Å². The Kier molecular flexibility index (Phi) is 4.98. The van der Waals surface area contributed by atoms with Crippen LogP contribution in [0.2, 0.25) is 0 Å². The van der Waals surface area contributed by atoms with Gasteiger partial charge in [-0.1, -0.05) is 12.1 Å². The van der Waals surface area contributed by atoms with Gasteiger partial charge in [0.15, 0.2) is 0 Å². The summed E-state index contributed by atoms with van der Waals surface area (Å²) in [6.45, 7) is 3.42. The molecule has 1 aliphatic heterocycles. The Morgan fingerprint density at radius 2 is 2.07 bits per heavy atom. The number of carbonyl (C=O) groups is 1. The number of nitrogens with one attached hydrogen (secondary N) is 2. The number of benzene rings is 2. The lowest BCUT2D eigenvalue weighted by Crippen LogP contribution is -2.36. The Balaban J connectivity index is 1.52. The first-order valence-electron chi connectivity index (χ1n) is 9.10. The lowest BCUT2D eigenvalue weighted by molar-refractivity contribution is 0.0951. The Hall–Kier alpha value is -2.99. The predicted molar refractivity (Wildman–Crippen MR) is 105 cm³/mol. The highest BCUT2D eigenvalue weighted by molar-refractivity contribution is 5.96. The van der Waals surface area contributed by atoms with Crippen molar-refractivity contribution < 1.29 is 14.3 Å². The second-order valence-corrected chi connectivity index (χ2v) is 6.52. The maximum absolute atomic E-state index is 12.7. The number of aromatic amines is 1. The minimum atomic E-state index is -0.0975. The number of hydrogen-bond acceptors (Lipinski definition) is 4. The second-order valence-electron chi connectivity index (χ2n) is 6.52. The van der Waals surface area contributed by atoms with Crippen molar-refractivity contribution >= 4 is 22.5 Å². The van der Waals surface area contributed by atoms with Gasteiger partial charge in [-0.2, -0.15) is 0 Å². The molecule has 0 bridgehead atoms. The van der Waals surface area contributed by atoms with Crippen LogP contribution in [0, 0.1) is 0 Å². The van der Waals surface area contributed by atoms with Crippen LogP contribution in [0.5, 0.6) is 5.75 Å². The summed E-state index contributed by atoms with van der Waals surface area (Å²) in [5, 5.41) is 4.15. The third kappa shape index (κ3) is 3.61. The number of ether oxygens (including phenoxy) is 2. The molecule has 4 rings (SSSR count). The van der Waals surface area contributed by atoms with Gasteiger partial charge in [-0.05, 0) is 35.9 Å². The van der Waals surface area contributed by atoms with Crippen molar-refractivity contribution in [1.82, 2.24) is 10.3 Å². The monoisotopic (exact) mass is 365 g/mol. The highest BCUT2D eigenvalue weighted by Crippen LogP contribution is 2.30. The van der Waals surface area contributed by atoms with Crippen LogP contribution in [0.3, 0.4) is 0 Å². The average Bonchev–Trinajstić information content (AvgIpc) is 3.21. The van der Waals surface area contributed by atoms with Gasteiger partial charge in [-0.3, -0.25) is 4.79 Å². The van der Waals surface area contributed by atoms with Gasteiger partial charge in [0.1, 0.15) is 5.75 Å². The SMILES string of the molecule is COc1ccc(C(=O)NCc2cccc3[nH]ccc23)cc1N1CCOCC1. The van der Waals surface area contributed by atoms with E-state index in [9.17, 15) is 4.79 Å². The van der Waals surface area contributed by atoms with Gasteiger partial charge in [-0.25, -0.2) is 0 Å². The van der Waals surface area contributed by atoms with Crippen LogP contribution >= 0.6 is 0 Å². The molecule has 2 aromatic carbocycles. The number of morpholine rings is 1. The lowest BCUT2D eigenvalue weighted by Gasteiger charge is -2.30. The normalized spacial score (nSPS) is 14.3. The Morgan fingerprint density at radius 3 is 2.89 bits per heavy atom. The van der Waals surface area contributed by atoms with E-state index >= 15 is 0 Å². The van der Waals surface area contributed by atoms with E-state index in [-0.39, 0.29) is 5.91 Å². The summed E-state index contributed by atoms with van der Waals surface area (Å²) in [4.78, 5) is 18.1. The fourth-order valence-electron chi connectivity index (χ4n) is 3.46. The van der Waals surface area contributed by atoms with E-state index in [1.165, 1.54) is 0 Å². The molecule has 0 unspecified atom stereocenters. The number of anilines is 1. The molecule has 0 spiro atoms. The Bertz CT molecular complexity index is 945. The van der Waals surface area contributed by atoms with Gasteiger partial charge < -0.3 is 24.7 Å². The number of amides is 1. The first-order chi connectivity index (χ1) is 13.3. The standard InChI is InChI=1S/C21H23N3O3/c1-26-20-6-5-15(13-19(20)24-9-11-27-12-10-24)21(25)23-14-16-3-2-4-18-17(16)7-8-22-18/h2-8,13,22H,9-12,14H2,1H3,(H,23,25). The minimum absolute atomic E-state index is 0.0975. The third-order valence-electron chi connectivity index (χ3n) is 4.92. The van der Waals surface area contributed by atoms with Crippen LogP contribution in [-0.2, 0) is 11.3 Å². The van der Waals surface area contributed by atoms with E-state index in [1.807, 2.05) is 42.6 Å². The van der Waals surface area contributed by atoms with Gasteiger partial charge in [0.2, 0.25) is 0 Å². The van der Waals surface area contributed by atoms with Gasteiger partial charge in [0.05, 0.1) is 26.0 Å². The summed E-state index contributed by atoms with van der Waals surface area (Å²) in [5.41, 5.74) is 3.71. The Labute approximate surface area is 158 Å². The van der Waals surface area contributed by atoms with Crippen molar-refractivity contribution in [3.05, 3.63) is 59.8 Å². The van der Waals surface area contributed by atoms with E-state index in [0.29, 0.717) is 25.3 Å². The van der Waals surface area contributed by atoms with E-state index in [4.69, 9.17) is 9.47 Å². The fourth-order valence-corrected chi connectivity index (χ4v) is 3.46. The number of nitrogens with zero attached hydrogens (tertiary/aromatic N) is 1. The summed E-state index contributed by atoms with van der Waals surface area (Å²) in [6, 6.07) is 13.6. The zero-order chi connectivity index (χ0) is 18.6. The lowest BCUT2D eigenvalue weighted by atomic mass is 10.1. The predicted octanol–water partition coefficient (Wildman–Crippen LogP) is 2.94. The average molecular weight is 365 g/mol. The van der Waals surface area contributed by atoms with Crippen molar-refractivity contribution in [1.29, 1.82) is 0 Å². The molecule has 1 fully saturated rings. The highest BCUT2D eigenvalue weighted by Gasteiger charge is 2.18. The summed E-state index contributed by atoms with van der Waals surface area (Å²) in [6.07, 6.45) is 1.91. The molecule has 6 nitrogen and oxygen atoms in total. The molecule has 0 radical (unpaired) electrons. The number of fused-ring (bicyclic) bond motifs is 1. The van der Waals surface area contributed by atoms with Crippen molar-refractivity contribution in [3.63, 3.8) is 0 Å². The number of hydrogen-bond donors (Lipinski definition) is 2. The summed E-state index contributed by atoms with van der Waals surface area (Å²) < 4.78 is 10.9. The summed E-state index contributed by atoms with van der Waals surface area (Å²) in [7, 11) is 1.65. The molecule has 2 N–H and O–H groups in total. The van der Waals surface area contributed by atoms with Crippen LogP contribution in [0.1, 0.15) is 15.9 Å². The third-order valence-corrected chi connectivity index (χ3v) is 4.92. The largest absolute Gasteiger partial charge is 0.495 e. The van der Waals surface area contributed by atoms with Crippen LogP contribution in [0.25, 0.3) is 10.9 Å². The second kappa shape index (κ2) is 7.72. The van der Waals surface area contributed by atoms with Crippen LogP contribution in [0.15, 0.2) is 48.7 Å². The Morgan fingerprint density at radius 1 is 1.22 bits per heavy atom. The molecule has 0 aliphatic carbocycles. The number of rotatable bonds is 5. The highest BCUT2D eigenvalue weighted by atomic mass is 16.5. The molecule has 0 atom stereocenters. The van der Waals surface area contributed by atoms with Gasteiger partial charge in [-0.15, -0.1) is 0 Å².